The molecule has 0 atom stereocenters. The average molecular weight is 303 g/mol. The van der Waals surface area contributed by atoms with Gasteiger partial charge in [0.2, 0.25) is 0 Å². The van der Waals surface area contributed by atoms with Gasteiger partial charge in [-0.15, -0.1) is 0 Å². The van der Waals surface area contributed by atoms with Crippen molar-refractivity contribution in [2.24, 2.45) is 0 Å². The third-order valence-corrected chi connectivity index (χ3v) is 3.38. The molecule has 3 nitrogen and oxygen atoms in total. The lowest BCUT2D eigenvalue weighted by molar-refractivity contribution is 0.415. The summed E-state index contributed by atoms with van der Waals surface area (Å²) in [6, 6.07) is 16.0. The number of para-hydroxylation sites is 2. The van der Waals surface area contributed by atoms with Gasteiger partial charge in [-0.1, -0.05) is 12.1 Å². The van der Waals surface area contributed by atoms with Crippen molar-refractivity contribution in [2.45, 2.75) is 0 Å². The highest BCUT2D eigenvalue weighted by atomic mass is 79.9. The van der Waals surface area contributed by atoms with Crippen LogP contribution < -0.4 is 4.74 Å². The van der Waals surface area contributed by atoms with Crippen molar-refractivity contribution in [3.05, 3.63) is 53.3 Å². The van der Waals surface area contributed by atoms with E-state index in [2.05, 4.69) is 31.5 Å². The summed E-state index contributed by atoms with van der Waals surface area (Å²) in [6.07, 6.45) is 0. The summed E-state index contributed by atoms with van der Waals surface area (Å²) >= 11 is 3.50. The molecule has 1 aromatic heterocycles. The second kappa shape index (κ2) is 4.46. The molecule has 4 heteroatoms. The van der Waals surface area contributed by atoms with Crippen molar-refractivity contribution in [3.8, 4) is 11.4 Å². The second-order valence-electron chi connectivity index (χ2n) is 3.90. The van der Waals surface area contributed by atoms with Crippen LogP contribution >= 0.6 is 15.9 Å². The topological polar surface area (TPSA) is 27.1 Å². The summed E-state index contributed by atoms with van der Waals surface area (Å²) in [7, 11) is 1.66. The lowest BCUT2D eigenvalue weighted by Crippen LogP contribution is -1.94. The Morgan fingerprint density at radius 1 is 1.06 bits per heavy atom. The molecule has 0 aliphatic carbocycles. The Morgan fingerprint density at radius 2 is 1.78 bits per heavy atom. The number of benzene rings is 2. The molecule has 0 spiro atoms. The molecule has 0 saturated heterocycles. The first-order chi connectivity index (χ1) is 8.79. The van der Waals surface area contributed by atoms with Gasteiger partial charge in [0, 0.05) is 5.69 Å². The van der Waals surface area contributed by atoms with E-state index < -0.39 is 0 Å². The quantitative estimate of drug-likeness (QED) is 0.720. The SMILES string of the molecule is COc1ccc(-n2c(Br)nc3ccccc32)cc1. The Hall–Kier alpha value is -1.81. The Bertz CT molecular complexity index is 689. The van der Waals surface area contributed by atoms with Crippen LogP contribution in [0.2, 0.25) is 0 Å². The summed E-state index contributed by atoms with van der Waals surface area (Å²) in [5.41, 5.74) is 3.10. The van der Waals surface area contributed by atoms with Crippen LogP contribution in [0.1, 0.15) is 0 Å². The molecule has 0 saturated carbocycles. The first kappa shape index (κ1) is 11.3. The lowest BCUT2D eigenvalue weighted by atomic mass is 10.2. The molecular formula is C14H11BrN2O. The number of aromatic nitrogens is 2. The van der Waals surface area contributed by atoms with Crippen LogP contribution in [0.25, 0.3) is 16.7 Å². The van der Waals surface area contributed by atoms with Crippen LogP contribution in [0.5, 0.6) is 5.75 Å². The highest BCUT2D eigenvalue weighted by Crippen LogP contribution is 2.25. The molecule has 2 aromatic carbocycles. The first-order valence-corrected chi connectivity index (χ1v) is 6.36. The van der Waals surface area contributed by atoms with Crippen molar-refractivity contribution < 1.29 is 4.74 Å². The van der Waals surface area contributed by atoms with Crippen molar-refractivity contribution in [2.75, 3.05) is 7.11 Å². The maximum Gasteiger partial charge on any atom is 0.182 e. The number of methoxy groups -OCH3 is 1. The smallest absolute Gasteiger partial charge is 0.182 e. The Morgan fingerprint density at radius 3 is 2.50 bits per heavy atom. The van der Waals surface area contributed by atoms with Crippen molar-refractivity contribution in [1.82, 2.24) is 9.55 Å². The molecule has 18 heavy (non-hydrogen) atoms. The molecule has 3 rings (SSSR count). The van der Waals surface area contributed by atoms with Crippen LogP contribution in [0.4, 0.5) is 0 Å². The van der Waals surface area contributed by atoms with Crippen molar-refractivity contribution in [3.63, 3.8) is 0 Å². The van der Waals surface area contributed by atoms with E-state index in [-0.39, 0.29) is 0 Å². The minimum atomic E-state index is 0.800. The third kappa shape index (κ3) is 1.78. The van der Waals surface area contributed by atoms with Gasteiger partial charge in [0.05, 0.1) is 18.1 Å². The minimum Gasteiger partial charge on any atom is -0.497 e. The van der Waals surface area contributed by atoms with Gasteiger partial charge in [0.25, 0.3) is 0 Å². The van der Waals surface area contributed by atoms with E-state index in [0.717, 1.165) is 27.2 Å². The predicted molar refractivity (Wildman–Crippen MR) is 75.3 cm³/mol. The van der Waals surface area contributed by atoms with Crippen molar-refractivity contribution in [1.29, 1.82) is 0 Å². The zero-order chi connectivity index (χ0) is 12.5. The maximum absolute atomic E-state index is 5.17. The fourth-order valence-electron chi connectivity index (χ4n) is 1.97. The third-order valence-electron chi connectivity index (χ3n) is 2.85. The zero-order valence-electron chi connectivity index (χ0n) is 9.80. The monoisotopic (exact) mass is 302 g/mol. The number of rotatable bonds is 2. The molecule has 3 aromatic rings. The molecule has 90 valence electrons. The Balaban J connectivity index is 2.20. The van der Waals surface area contributed by atoms with E-state index >= 15 is 0 Å². The van der Waals surface area contributed by atoms with E-state index in [1.54, 1.807) is 7.11 Å². The number of hydrogen-bond donors (Lipinski definition) is 0. The fourth-order valence-corrected chi connectivity index (χ4v) is 2.56. The van der Waals surface area contributed by atoms with Crippen molar-refractivity contribution >= 4 is 27.0 Å². The number of hydrogen-bond acceptors (Lipinski definition) is 2. The van der Waals surface area contributed by atoms with Crippen LogP contribution in [-0.2, 0) is 0 Å². The van der Waals surface area contributed by atoms with Gasteiger partial charge in [0.15, 0.2) is 4.73 Å². The molecular weight excluding hydrogens is 292 g/mol. The molecule has 0 aliphatic rings. The Labute approximate surface area is 113 Å². The summed E-state index contributed by atoms with van der Waals surface area (Å²) in [6.45, 7) is 0. The number of fused-ring (bicyclic) bond motifs is 1. The van der Waals surface area contributed by atoms with Gasteiger partial charge >= 0.3 is 0 Å². The number of ether oxygens (including phenoxy) is 1. The van der Waals surface area contributed by atoms with Crippen LogP contribution in [-0.4, -0.2) is 16.7 Å². The van der Waals surface area contributed by atoms with E-state index in [1.165, 1.54) is 0 Å². The van der Waals surface area contributed by atoms with Crippen LogP contribution in [0.15, 0.2) is 53.3 Å². The van der Waals surface area contributed by atoms with E-state index in [9.17, 15) is 0 Å². The zero-order valence-corrected chi connectivity index (χ0v) is 11.4. The second-order valence-corrected chi connectivity index (χ2v) is 4.61. The first-order valence-electron chi connectivity index (χ1n) is 5.57. The predicted octanol–water partition coefficient (Wildman–Crippen LogP) is 3.80. The minimum absolute atomic E-state index is 0.800. The summed E-state index contributed by atoms with van der Waals surface area (Å²) < 4.78 is 8.03. The van der Waals surface area contributed by atoms with Gasteiger partial charge in [-0.2, -0.15) is 0 Å². The van der Waals surface area contributed by atoms with Gasteiger partial charge in [-0.25, -0.2) is 4.98 Å². The summed E-state index contributed by atoms with van der Waals surface area (Å²) in [5, 5.41) is 0. The van der Waals surface area contributed by atoms with Crippen LogP contribution in [0, 0.1) is 0 Å². The van der Waals surface area contributed by atoms with Gasteiger partial charge in [0.1, 0.15) is 5.75 Å². The average Bonchev–Trinajstić information content (AvgIpc) is 2.75. The van der Waals surface area contributed by atoms with Gasteiger partial charge < -0.3 is 4.74 Å². The van der Waals surface area contributed by atoms with E-state index in [0.29, 0.717) is 0 Å². The molecule has 0 fully saturated rings. The van der Waals surface area contributed by atoms with E-state index in [4.69, 9.17) is 4.74 Å². The fraction of sp³-hybridized carbons (Fsp3) is 0.0714. The molecule has 0 aliphatic heterocycles. The van der Waals surface area contributed by atoms with Gasteiger partial charge in [-0.05, 0) is 52.3 Å². The molecule has 1 heterocycles. The molecule has 0 radical (unpaired) electrons. The number of imidazole rings is 1. The molecule has 0 N–H and O–H groups in total. The Kier molecular flexibility index (Phi) is 2.80. The highest BCUT2D eigenvalue weighted by molar-refractivity contribution is 9.10. The standard InChI is InChI=1S/C14H11BrN2O/c1-18-11-8-6-10(7-9-11)17-13-5-3-2-4-12(13)16-14(17)15/h2-9H,1H3. The molecule has 0 bridgehead atoms. The normalized spacial score (nSPS) is 10.8. The highest BCUT2D eigenvalue weighted by Gasteiger charge is 2.09. The number of nitrogens with zero attached hydrogens (tertiary/aromatic N) is 2. The molecule has 0 amide bonds. The lowest BCUT2D eigenvalue weighted by Gasteiger charge is -2.07. The number of halogens is 1. The van der Waals surface area contributed by atoms with Gasteiger partial charge in [-0.3, -0.25) is 4.57 Å². The van der Waals surface area contributed by atoms with Crippen LogP contribution in [0.3, 0.4) is 0 Å². The van der Waals surface area contributed by atoms with E-state index in [1.807, 2.05) is 42.5 Å². The summed E-state index contributed by atoms with van der Waals surface area (Å²) in [4.78, 5) is 4.48. The molecule has 0 unspecified atom stereocenters. The summed E-state index contributed by atoms with van der Waals surface area (Å²) in [5.74, 6) is 0.847. The largest absolute Gasteiger partial charge is 0.497 e. The maximum atomic E-state index is 5.17.